The van der Waals surface area contributed by atoms with Crippen LogP contribution in [-0.4, -0.2) is 11.7 Å². The molecule has 8 heteroatoms. The summed E-state index contributed by atoms with van der Waals surface area (Å²) in [6, 6.07) is 3.64. The zero-order chi connectivity index (χ0) is 17.8. The summed E-state index contributed by atoms with van der Waals surface area (Å²) in [5.41, 5.74) is 9.46. The van der Waals surface area contributed by atoms with Crippen molar-refractivity contribution in [2.24, 2.45) is 4.99 Å². The number of rotatable bonds is 1. The highest BCUT2D eigenvalue weighted by atomic mass is 35.5. The molecule has 1 amide bonds. The first kappa shape index (κ1) is 17.4. The zero-order valence-electron chi connectivity index (χ0n) is 12.6. The highest BCUT2D eigenvalue weighted by Gasteiger charge is 2.34. The van der Waals surface area contributed by atoms with Crippen molar-refractivity contribution < 1.29 is 4.79 Å². The number of nitrogens with one attached hydrogen (secondary N) is 1. The molecule has 0 saturated heterocycles. The molecule has 1 aliphatic rings. The Kier molecular flexibility index (Phi) is 4.43. The first-order valence-electron chi connectivity index (χ1n) is 6.85. The molecule has 0 saturated carbocycles. The molecule has 4 nitrogen and oxygen atoms in total. The Hall–Kier alpha value is -1.46. The van der Waals surface area contributed by atoms with Crippen LogP contribution >= 0.6 is 46.4 Å². The minimum atomic E-state index is -0.431. The molecule has 0 atom stereocenters. The number of amidine groups is 1. The number of amides is 1. The minimum absolute atomic E-state index is 0.0398. The summed E-state index contributed by atoms with van der Waals surface area (Å²) < 4.78 is 0. The molecule has 124 valence electrons. The van der Waals surface area contributed by atoms with Crippen molar-refractivity contribution in [3.05, 3.63) is 54.5 Å². The molecule has 0 bridgehead atoms. The fourth-order valence-corrected chi connectivity index (χ4v) is 3.48. The van der Waals surface area contributed by atoms with Crippen molar-refractivity contribution in [2.75, 3.05) is 5.73 Å². The van der Waals surface area contributed by atoms with E-state index in [2.05, 4.69) is 10.3 Å². The van der Waals surface area contributed by atoms with Gasteiger partial charge in [-0.15, -0.1) is 0 Å². The fourth-order valence-electron chi connectivity index (χ4n) is 2.45. The first-order chi connectivity index (χ1) is 11.2. The molecule has 0 spiro atoms. The van der Waals surface area contributed by atoms with Crippen LogP contribution < -0.4 is 11.1 Å². The molecule has 3 N–H and O–H groups in total. The van der Waals surface area contributed by atoms with Gasteiger partial charge < -0.3 is 11.1 Å². The first-order valence-corrected chi connectivity index (χ1v) is 8.36. The average molecular weight is 403 g/mol. The smallest absolute Gasteiger partial charge is 0.259 e. The van der Waals surface area contributed by atoms with E-state index in [1.807, 2.05) is 26.0 Å². The summed E-state index contributed by atoms with van der Waals surface area (Å²) in [7, 11) is 0. The molecule has 1 aliphatic heterocycles. The summed E-state index contributed by atoms with van der Waals surface area (Å²) in [6.07, 6.45) is 0. The molecule has 2 aromatic carbocycles. The maximum Gasteiger partial charge on any atom is 0.259 e. The Morgan fingerprint density at radius 1 is 0.917 bits per heavy atom. The largest absolute Gasteiger partial charge is 0.399 e. The molecule has 1 heterocycles. The van der Waals surface area contributed by atoms with Gasteiger partial charge in [-0.25, -0.2) is 4.99 Å². The van der Waals surface area contributed by atoms with Gasteiger partial charge in [0.15, 0.2) is 0 Å². The highest BCUT2D eigenvalue weighted by molar-refractivity contribution is 6.55. The Morgan fingerprint density at radius 3 is 2.12 bits per heavy atom. The minimum Gasteiger partial charge on any atom is -0.399 e. The number of hydrogen-bond donors (Lipinski definition) is 2. The van der Waals surface area contributed by atoms with Crippen LogP contribution in [0.1, 0.15) is 27.0 Å². The van der Waals surface area contributed by atoms with E-state index >= 15 is 0 Å². The number of aryl methyl sites for hydroxylation is 2. The number of hydrogen-bond acceptors (Lipinski definition) is 3. The van der Waals surface area contributed by atoms with Crippen LogP contribution in [0.5, 0.6) is 0 Å². The number of fused-ring (bicyclic) bond motifs is 1. The van der Waals surface area contributed by atoms with E-state index in [0.717, 1.165) is 11.1 Å². The van der Waals surface area contributed by atoms with Crippen molar-refractivity contribution in [3.63, 3.8) is 0 Å². The van der Waals surface area contributed by atoms with Gasteiger partial charge in [0.05, 0.1) is 36.9 Å². The maximum atomic E-state index is 12.3. The molecular formula is C16H11Cl4N3O. The highest BCUT2D eigenvalue weighted by Crippen LogP contribution is 2.43. The topological polar surface area (TPSA) is 67.5 Å². The van der Waals surface area contributed by atoms with Crippen LogP contribution in [0.15, 0.2) is 17.1 Å². The normalized spacial score (nSPS) is 14.9. The number of anilines is 1. The third-order valence-electron chi connectivity index (χ3n) is 3.78. The molecule has 0 fully saturated rings. The number of halogens is 4. The predicted octanol–water partition coefficient (Wildman–Crippen LogP) is 5.32. The number of nitrogens with two attached hydrogens (primary N) is 1. The molecule has 0 aliphatic carbocycles. The van der Waals surface area contributed by atoms with E-state index in [9.17, 15) is 4.79 Å². The van der Waals surface area contributed by atoms with Crippen molar-refractivity contribution in [3.8, 4) is 0 Å². The third-order valence-corrected chi connectivity index (χ3v) is 5.58. The quantitative estimate of drug-likeness (QED) is 0.385. The van der Waals surface area contributed by atoms with E-state index in [4.69, 9.17) is 52.1 Å². The van der Waals surface area contributed by atoms with Crippen molar-refractivity contribution >= 4 is 69.5 Å². The van der Waals surface area contributed by atoms with Crippen LogP contribution in [0, 0.1) is 13.8 Å². The fraction of sp³-hybridized carbons (Fsp3) is 0.125. The summed E-state index contributed by atoms with van der Waals surface area (Å²) in [6.45, 7) is 3.75. The van der Waals surface area contributed by atoms with Gasteiger partial charge in [0.25, 0.3) is 5.91 Å². The second-order valence-electron chi connectivity index (χ2n) is 5.42. The Labute approximate surface area is 158 Å². The third kappa shape index (κ3) is 2.64. The van der Waals surface area contributed by atoms with E-state index < -0.39 is 5.91 Å². The Balaban J connectivity index is 2.26. The monoisotopic (exact) mass is 401 g/mol. The molecule has 24 heavy (non-hydrogen) atoms. The van der Waals surface area contributed by atoms with E-state index in [1.165, 1.54) is 0 Å². The number of carbonyl (C=O) groups excluding carboxylic acids is 1. The van der Waals surface area contributed by atoms with Crippen molar-refractivity contribution in [1.82, 2.24) is 5.32 Å². The van der Waals surface area contributed by atoms with Gasteiger partial charge in [0, 0.05) is 5.69 Å². The van der Waals surface area contributed by atoms with Gasteiger partial charge in [-0.2, -0.15) is 0 Å². The average Bonchev–Trinajstić information content (AvgIpc) is 2.84. The number of nitrogens with zero attached hydrogens (tertiary/aromatic N) is 1. The van der Waals surface area contributed by atoms with Crippen LogP contribution in [-0.2, 0) is 0 Å². The lowest BCUT2D eigenvalue weighted by molar-refractivity contribution is 0.0983. The Morgan fingerprint density at radius 2 is 1.50 bits per heavy atom. The number of aliphatic imine (C=N–C) groups is 1. The Bertz CT molecular complexity index is 938. The molecule has 2 aromatic rings. The molecule has 3 rings (SSSR count). The van der Waals surface area contributed by atoms with Gasteiger partial charge in [0.2, 0.25) is 0 Å². The predicted molar refractivity (Wildman–Crippen MR) is 100 cm³/mol. The van der Waals surface area contributed by atoms with Crippen LogP contribution in [0.2, 0.25) is 20.1 Å². The lowest BCUT2D eigenvalue weighted by Crippen LogP contribution is -2.21. The zero-order valence-corrected chi connectivity index (χ0v) is 15.6. The van der Waals surface area contributed by atoms with Crippen LogP contribution in [0.25, 0.3) is 0 Å². The second-order valence-corrected chi connectivity index (χ2v) is 6.93. The van der Waals surface area contributed by atoms with Crippen LogP contribution in [0.3, 0.4) is 0 Å². The van der Waals surface area contributed by atoms with E-state index in [1.54, 1.807) is 0 Å². The molecular weight excluding hydrogens is 392 g/mol. The standard InChI is InChI=1S/C16H11Cl4N3O/c1-5-4-8(6(2)3-7(5)21)22-15-9-10(16(24)23-15)12(18)14(20)13(19)11(9)17/h3-4H,21H2,1-2H3,(H,22,23,24). The summed E-state index contributed by atoms with van der Waals surface area (Å²) in [5, 5.41) is 2.96. The van der Waals surface area contributed by atoms with Crippen LogP contribution in [0.4, 0.5) is 11.4 Å². The van der Waals surface area contributed by atoms with Crippen molar-refractivity contribution in [1.29, 1.82) is 0 Å². The molecule has 0 unspecified atom stereocenters. The van der Waals surface area contributed by atoms with E-state index in [-0.39, 0.29) is 31.5 Å². The lowest BCUT2D eigenvalue weighted by Gasteiger charge is -2.09. The summed E-state index contributed by atoms with van der Waals surface area (Å²) in [5.74, 6) is -0.160. The number of carbonyl (C=O) groups is 1. The molecule has 0 radical (unpaired) electrons. The van der Waals surface area contributed by atoms with Gasteiger partial charge in [-0.05, 0) is 37.1 Å². The van der Waals surface area contributed by atoms with Gasteiger partial charge >= 0.3 is 0 Å². The number of benzene rings is 2. The molecule has 0 aromatic heterocycles. The summed E-state index contributed by atoms with van der Waals surface area (Å²) in [4.78, 5) is 16.8. The SMILES string of the molecule is Cc1cc(N=C2NC(=O)c3c(Cl)c(Cl)c(Cl)c(Cl)c32)c(C)cc1N. The van der Waals surface area contributed by atoms with Crippen molar-refractivity contribution in [2.45, 2.75) is 13.8 Å². The van der Waals surface area contributed by atoms with Gasteiger partial charge in [0.1, 0.15) is 5.84 Å². The van der Waals surface area contributed by atoms with Gasteiger partial charge in [-0.3, -0.25) is 4.79 Å². The number of nitrogen functional groups attached to an aromatic ring is 1. The van der Waals surface area contributed by atoms with Gasteiger partial charge in [-0.1, -0.05) is 46.4 Å². The lowest BCUT2D eigenvalue weighted by atomic mass is 10.1. The second kappa shape index (κ2) is 6.12. The van der Waals surface area contributed by atoms with E-state index in [0.29, 0.717) is 16.9 Å². The summed E-state index contributed by atoms with van der Waals surface area (Å²) >= 11 is 24.5. The maximum absolute atomic E-state index is 12.3.